The fraction of sp³-hybridized carbons (Fsp3) is 0.636. The molecule has 0 fully saturated rings. The fourth-order valence-corrected chi connectivity index (χ4v) is 1.49. The minimum atomic E-state index is 0.0335. The van der Waals surface area contributed by atoms with E-state index >= 15 is 0 Å². The van der Waals surface area contributed by atoms with Gasteiger partial charge in [-0.05, 0) is 11.8 Å². The average Bonchev–Trinajstić information content (AvgIpc) is 2.19. The van der Waals surface area contributed by atoms with Crippen LogP contribution in [0.4, 0.5) is 5.95 Å². The number of hydrogen-bond acceptors (Lipinski definition) is 4. The minimum absolute atomic E-state index is 0.0335. The molecule has 0 spiro atoms. The molecule has 0 radical (unpaired) electrons. The van der Waals surface area contributed by atoms with Gasteiger partial charge in [0, 0.05) is 12.6 Å². The highest BCUT2D eigenvalue weighted by Gasteiger charge is 2.24. The van der Waals surface area contributed by atoms with E-state index in [0.717, 1.165) is 0 Å². The van der Waals surface area contributed by atoms with Gasteiger partial charge in [-0.25, -0.2) is 9.97 Å². The molecule has 1 aromatic heterocycles. The van der Waals surface area contributed by atoms with Crippen LogP contribution in [0.15, 0.2) is 12.4 Å². The Morgan fingerprint density at radius 2 is 1.94 bits per heavy atom. The summed E-state index contributed by atoms with van der Waals surface area (Å²) < 4.78 is 0. The zero-order chi connectivity index (χ0) is 12.2. The van der Waals surface area contributed by atoms with Gasteiger partial charge in [0.05, 0.1) is 17.4 Å². The predicted molar refractivity (Wildman–Crippen MR) is 65.6 cm³/mol. The van der Waals surface area contributed by atoms with Gasteiger partial charge in [-0.15, -0.1) is 0 Å². The van der Waals surface area contributed by atoms with E-state index in [4.69, 9.17) is 16.7 Å². The first kappa shape index (κ1) is 13.2. The van der Waals surface area contributed by atoms with E-state index in [9.17, 15) is 0 Å². The highest BCUT2D eigenvalue weighted by molar-refractivity contribution is 6.30. The van der Waals surface area contributed by atoms with Crippen molar-refractivity contribution in [2.45, 2.75) is 33.2 Å². The maximum atomic E-state index is 9.02. The third-order valence-electron chi connectivity index (χ3n) is 2.39. The van der Waals surface area contributed by atoms with Crippen LogP contribution in [-0.4, -0.2) is 27.7 Å². The van der Waals surface area contributed by atoms with Gasteiger partial charge in [-0.1, -0.05) is 32.4 Å². The Bertz CT molecular complexity index is 321. The monoisotopic (exact) mass is 243 g/mol. The van der Waals surface area contributed by atoms with Crippen molar-refractivity contribution in [3.8, 4) is 0 Å². The summed E-state index contributed by atoms with van der Waals surface area (Å²) >= 11 is 5.71. The maximum Gasteiger partial charge on any atom is 0.222 e. The first-order valence-electron chi connectivity index (χ1n) is 5.28. The third-order valence-corrected chi connectivity index (χ3v) is 2.58. The highest BCUT2D eigenvalue weighted by Crippen LogP contribution is 2.24. The van der Waals surface area contributed by atoms with Gasteiger partial charge in [0.25, 0.3) is 0 Å². The molecule has 0 saturated heterocycles. The van der Waals surface area contributed by atoms with Gasteiger partial charge in [0.1, 0.15) is 0 Å². The first-order valence-corrected chi connectivity index (χ1v) is 5.66. The van der Waals surface area contributed by atoms with E-state index in [1.54, 1.807) is 12.4 Å². The largest absolute Gasteiger partial charge is 0.396 e. The molecule has 0 aliphatic rings. The van der Waals surface area contributed by atoms with Crippen molar-refractivity contribution in [3.63, 3.8) is 0 Å². The topological polar surface area (TPSA) is 58.0 Å². The molecule has 0 aliphatic carbocycles. The number of nitrogens with one attached hydrogen (secondary N) is 1. The normalized spacial score (nSPS) is 13.6. The Labute approximate surface area is 101 Å². The minimum Gasteiger partial charge on any atom is -0.396 e. The quantitative estimate of drug-likeness (QED) is 0.852. The highest BCUT2D eigenvalue weighted by atomic mass is 35.5. The number of aromatic nitrogens is 2. The van der Waals surface area contributed by atoms with Crippen molar-refractivity contribution < 1.29 is 5.11 Å². The number of hydrogen-bond donors (Lipinski definition) is 2. The lowest BCUT2D eigenvalue weighted by Gasteiger charge is -2.31. The van der Waals surface area contributed by atoms with Crippen molar-refractivity contribution in [3.05, 3.63) is 17.4 Å². The standard InChI is InChI=1S/C11H18ClN3O/c1-11(2,3)9(4-5-16)15-10-13-6-8(12)7-14-10/h6-7,9,16H,4-5H2,1-3H3,(H,13,14,15). The van der Waals surface area contributed by atoms with E-state index in [-0.39, 0.29) is 18.1 Å². The molecule has 1 unspecified atom stereocenters. The molecule has 90 valence electrons. The van der Waals surface area contributed by atoms with Crippen LogP contribution < -0.4 is 5.32 Å². The predicted octanol–water partition coefficient (Wildman–Crippen LogP) is 2.34. The van der Waals surface area contributed by atoms with Gasteiger partial charge >= 0.3 is 0 Å². The Morgan fingerprint density at radius 1 is 1.38 bits per heavy atom. The third kappa shape index (κ3) is 3.94. The molecule has 0 amide bonds. The van der Waals surface area contributed by atoms with E-state index in [1.165, 1.54) is 0 Å². The second-order valence-corrected chi connectivity index (χ2v) is 5.24. The Morgan fingerprint density at radius 3 is 2.38 bits per heavy atom. The van der Waals surface area contributed by atoms with E-state index in [1.807, 2.05) is 0 Å². The lowest BCUT2D eigenvalue weighted by atomic mass is 9.85. The Kier molecular flexibility index (Phi) is 4.50. The number of halogens is 1. The molecular formula is C11H18ClN3O. The van der Waals surface area contributed by atoms with Crippen LogP contribution in [0.3, 0.4) is 0 Å². The van der Waals surface area contributed by atoms with Crippen molar-refractivity contribution >= 4 is 17.5 Å². The molecule has 0 aliphatic heterocycles. The zero-order valence-corrected chi connectivity index (χ0v) is 10.6. The van der Waals surface area contributed by atoms with E-state index in [2.05, 4.69) is 36.1 Å². The van der Waals surface area contributed by atoms with Crippen LogP contribution in [0.2, 0.25) is 5.02 Å². The van der Waals surface area contributed by atoms with Crippen molar-refractivity contribution in [2.24, 2.45) is 5.41 Å². The fourth-order valence-electron chi connectivity index (χ4n) is 1.39. The van der Waals surface area contributed by atoms with Gasteiger partial charge in [0.2, 0.25) is 5.95 Å². The van der Waals surface area contributed by atoms with Crippen LogP contribution in [0.25, 0.3) is 0 Å². The molecule has 0 aromatic carbocycles. The summed E-state index contributed by atoms with van der Waals surface area (Å²) in [5.74, 6) is 0.540. The molecule has 0 bridgehead atoms. The van der Waals surface area contributed by atoms with Crippen molar-refractivity contribution in [1.82, 2.24) is 9.97 Å². The van der Waals surface area contributed by atoms with Crippen LogP contribution >= 0.6 is 11.6 Å². The molecule has 16 heavy (non-hydrogen) atoms. The van der Waals surface area contributed by atoms with E-state index in [0.29, 0.717) is 17.4 Å². The summed E-state index contributed by atoms with van der Waals surface area (Å²) in [6.07, 6.45) is 3.76. The first-order chi connectivity index (χ1) is 7.43. The van der Waals surface area contributed by atoms with Crippen molar-refractivity contribution in [2.75, 3.05) is 11.9 Å². The van der Waals surface area contributed by atoms with Gasteiger partial charge in [0.15, 0.2) is 0 Å². The lowest BCUT2D eigenvalue weighted by molar-refractivity contribution is 0.235. The van der Waals surface area contributed by atoms with Gasteiger partial charge in [-0.3, -0.25) is 0 Å². The average molecular weight is 244 g/mol. The summed E-state index contributed by atoms with van der Waals surface area (Å²) in [5.41, 5.74) is 0.0335. The Hall–Kier alpha value is -0.870. The molecule has 0 saturated carbocycles. The number of aliphatic hydroxyl groups is 1. The molecule has 1 atom stereocenters. The van der Waals surface area contributed by atoms with Crippen LogP contribution in [0.5, 0.6) is 0 Å². The van der Waals surface area contributed by atoms with E-state index < -0.39 is 0 Å². The molecule has 2 N–H and O–H groups in total. The SMILES string of the molecule is CC(C)(C)C(CCO)Nc1ncc(Cl)cn1. The van der Waals surface area contributed by atoms with Crippen LogP contribution in [0.1, 0.15) is 27.2 Å². The molecule has 5 heteroatoms. The molecule has 1 rings (SSSR count). The summed E-state index contributed by atoms with van der Waals surface area (Å²) in [5, 5.41) is 12.7. The number of nitrogens with zero attached hydrogens (tertiary/aromatic N) is 2. The van der Waals surface area contributed by atoms with Crippen molar-refractivity contribution in [1.29, 1.82) is 0 Å². The summed E-state index contributed by atoms with van der Waals surface area (Å²) in [6.45, 7) is 6.46. The summed E-state index contributed by atoms with van der Waals surface area (Å²) in [6, 6.07) is 0.124. The summed E-state index contributed by atoms with van der Waals surface area (Å²) in [4.78, 5) is 8.16. The number of rotatable bonds is 4. The number of anilines is 1. The Balaban J connectivity index is 2.72. The van der Waals surface area contributed by atoms with Gasteiger partial charge in [-0.2, -0.15) is 0 Å². The summed E-state index contributed by atoms with van der Waals surface area (Å²) in [7, 11) is 0. The lowest BCUT2D eigenvalue weighted by Crippen LogP contribution is -2.35. The zero-order valence-electron chi connectivity index (χ0n) is 9.87. The molecular weight excluding hydrogens is 226 g/mol. The second-order valence-electron chi connectivity index (χ2n) is 4.80. The van der Waals surface area contributed by atoms with Gasteiger partial charge < -0.3 is 10.4 Å². The molecule has 1 heterocycles. The molecule has 1 aromatic rings. The maximum absolute atomic E-state index is 9.02. The molecule has 4 nitrogen and oxygen atoms in total. The number of aliphatic hydroxyl groups excluding tert-OH is 1. The van der Waals surface area contributed by atoms with Crippen LogP contribution in [0, 0.1) is 5.41 Å². The van der Waals surface area contributed by atoms with Crippen LogP contribution in [-0.2, 0) is 0 Å². The second kappa shape index (κ2) is 5.46. The smallest absolute Gasteiger partial charge is 0.222 e.